The van der Waals surface area contributed by atoms with Crippen LogP contribution in [0.4, 0.5) is 8.78 Å². The van der Waals surface area contributed by atoms with Gasteiger partial charge in [0, 0.05) is 16.2 Å². The van der Waals surface area contributed by atoms with Crippen LogP contribution >= 0.6 is 27.5 Å². The highest BCUT2D eigenvalue weighted by molar-refractivity contribution is 9.10. The quantitative estimate of drug-likeness (QED) is 0.807. The normalized spacial score (nSPS) is 11.1. The Bertz CT molecular complexity index is 513. The lowest BCUT2D eigenvalue weighted by Crippen LogP contribution is -2.05. The van der Waals surface area contributed by atoms with Crippen molar-refractivity contribution >= 4 is 27.5 Å². The van der Waals surface area contributed by atoms with Gasteiger partial charge in [-0.1, -0.05) is 0 Å². The van der Waals surface area contributed by atoms with Gasteiger partial charge >= 0.3 is 0 Å². The molecule has 2 rings (SSSR count). The van der Waals surface area contributed by atoms with Gasteiger partial charge in [0.1, 0.15) is 5.69 Å². The molecule has 0 N–H and O–H groups in total. The standard InChI is InChI=1S/C10H7BrClF2N3/c11-7-1-2-8(15-5-7)17-9(10(13)14)6(3-12)4-16-17/h1-2,4-5,10H,3H2. The number of hydrogen-bond donors (Lipinski definition) is 0. The Balaban J connectivity index is 2.51. The molecule has 90 valence electrons. The molecule has 0 spiro atoms. The van der Waals surface area contributed by atoms with Crippen LogP contribution in [0.3, 0.4) is 0 Å². The first kappa shape index (κ1) is 12.4. The summed E-state index contributed by atoms with van der Waals surface area (Å²) in [6.07, 6.45) is 0.210. The third-order valence-electron chi connectivity index (χ3n) is 2.17. The highest BCUT2D eigenvalue weighted by Crippen LogP contribution is 2.26. The van der Waals surface area contributed by atoms with E-state index in [1.54, 1.807) is 12.1 Å². The van der Waals surface area contributed by atoms with Crippen LogP contribution in [0.1, 0.15) is 17.7 Å². The number of pyridine rings is 1. The van der Waals surface area contributed by atoms with Crippen LogP contribution < -0.4 is 0 Å². The summed E-state index contributed by atoms with van der Waals surface area (Å²) in [5.41, 5.74) is 0.0983. The predicted molar refractivity (Wildman–Crippen MR) is 63.6 cm³/mol. The largest absolute Gasteiger partial charge is 0.280 e. The van der Waals surface area contributed by atoms with Crippen molar-refractivity contribution < 1.29 is 8.78 Å². The molecule has 0 unspecified atom stereocenters. The van der Waals surface area contributed by atoms with Crippen LogP contribution in [0.15, 0.2) is 29.0 Å². The van der Waals surface area contributed by atoms with Gasteiger partial charge in [-0.3, -0.25) is 0 Å². The number of nitrogens with zero attached hydrogens (tertiary/aromatic N) is 3. The van der Waals surface area contributed by atoms with Gasteiger partial charge < -0.3 is 0 Å². The van der Waals surface area contributed by atoms with Crippen LogP contribution in [-0.4, -0.2) is 14.8 Å². The number of halogens is 4. The fourth-order valence-electron chi connectivity index (χ4n) is 1.40. The van der Waals surface area contributed by atoms with Crippen molar-refractivity contribution in [3.05, 3.63) is 40.3 Å². The number of alkyl halides is 3. The number of aromatic nitrogens is 3. The minimum atomic E-state index is -2.64. The van der Waals surface area contributed by atoms with Crippen molar-refractivity contribution in [3.8, 4) is 5.82 Å². The first-order valence-electron chi connectivity index (χ1n) is 4.66. The summed E-state index contributed by atoms with van der Waals surface area (Å²) >= 11 is 8.81. The third kappa shape index (κ3) is 2.47. The van der Waals surface area contributed by atoms with E-state index in [1.165, 1.54) is 12.4 Å². The van der Waals surface area contributed by atoms with Gasteiger partial charge in [0.2, 0.25) is 0 Å². The summed E-state index contributed by atoms with van der Waals surface area (Å²) in [6, 6.07) is 3.31. The van der Waals surface area contributed by atoms with E-state index < -0.39 is 6.43 Å². The molecule has 0 fully saturated rings. The van der Waals surface area contributed by atoms with Crippen LogP contribution in [0.25, 0.3) is 5.82 Å². The average molecular weight is 323 g/mol. The summed E-state index contributed by atoms with van der Waals surface area (Å²) < 4.78 is 27.7. The Hall–Kier alpha value is -1.01. The smallest absolute Gasteiger partial charge is 0.236 e. The third-order valence-corrected chi connectivity index (χ3v) is 2.92. The lowest BCUT2D eigenvalue weighted by atomic mass is 10.3. The molecule has 0 bridgehead atoms. The van der Waals surface area contributed by atoms with Crippen molar-refractivity contribution in [2.24, 2.45) is 0 Å². The first-order chi connectivity index (χ1) is 8.13. The Morgan fingerprint density at radius 3 is 2.65 bits per heavy atom. The van der Waals surface area contributed by atoms with Gasteiger partial charge in [0.15, 0.2) is 5.82 Å². The summed E-state index contributed by atoms with van der Waals surface area (Å²) in [4.78, 5) is 4.02. The Kier molecular flexibility index (Phi) is 3.73. The Labute approximate surface area is 110 Å². The summed E-state index contributed by atoms with van der Waals surface area (Å²) in [5.74, 6) is 0.329. The Morgan fingerprint density at radius 2 is 2.12 bits per heavy atom. The van der Waals surface area contributed by atoms with Crippen molar-refractivity contribution in [2.75, 3.05) is 0 Å². The van der Waals surface area contributed by atoms with Gasteiger partial charge in [-0.2, -0.15) is 5.10 Å². The van der Waals surface area contributed by atoms with Gasteiger partial charge in [-0.05, 0) is 28.1 Å². The first-order valence-corrected chi connectivity index (χ1v) is 5.99. The monoisotopic (exact) mass is 321 g/mol. The van der Waals surface area contributed by atoms with E-state index in [-0.39, 0.29) is 11.6 Å². The Morgan fingerprint density at radius 1 is 1.35 bits per heavy atom. The molecule has 2 heterocycles. The zero-order chi connectivity index (χ0) is 12.4. The summed E-state index contributed by atoms with van der Waals surface area (Å²) in [7, 11) is 0. The molecule has 2 aromatic heterocycles. The molecule has 0 atom stereocenters. The van der Waals surface area contributed by atoms with E-state index in [4.69, 9.17) is 11.6 Å². The molecule has 0 aliphatic heterocycles. The maximum atomic E-state index is 12.9. The SMILES string of the molecule is FC(F)c1c(CCl)cnn1-c1ccc(Br)cn1. The molecular formula is C10H7BrClF2N3. The van der Waals surface area contributed by atoms with Gasteiger partial charge in [0.25, 0.3) is 6.43 Å². The van der Waals surface area contributed by atoms with E-state index in [1.807, 2.05) is 0 Å². The highest BCUT2D eigenvalue weighted by atomic mass is 79.9. The topological polar surface area (TPSA) is 30.7 Å². The van der Waals surface area contributed by atoms with Crippen molar-refractivity contribution in [2.45, 2.75) is 12.3 Å². The molecule has 0 saturated heterocycles. The second-order valence-corrected chi connectivity index (χ2v) is 4.42. The van der Waals surface area contributed by atoms with E-state index in [9.17, 15) is 8.78 Å². The molecule has 7 heteroatoms. The summed E-state index contributed by atoms with van der Waals surface area (Å²) in [6.45, 7) is 0. The zero-order valence-electron chi connectivity index (χ0n) is 8.45. The van der Waals surface area contributed by atoms with Crippen LogP contribution in [0, 0.1) is 0 Å². The predicted octanol–water partition coefficient (Wildman–Crippen LogP) is 3.71. The molecule has 0 radical (unpaired) electrons. The van der Waals surface area contributed by atoms with E-state index in [0.29, 0.717) is 11.4 Å². The fraction of sp³-hybridized carbons (Fsp3) is 0.200. The molecule has 0 saturated carbocycles. The molecular weight excluding hydrogens is 315 g/mol. The number of hydrogen-bond acceptors (Lipinski definition) is 2. The maximum Gasteiger partial charge on any atom is 0.280 e. The lowest BCUT2D eigenvalue weighted by Gasteiger charge is -2.07. The van der Waals surface area contributed by atoms with Crippen LogP contribution in [0.2, 0.25) is 0 Å². The fourth-order valence-corrected chi connectivity index (χ4v) is 1.84. The lowest BCUT2D eigenvalue weighted by molar-refractivity contribution is 0.141. The average Bonchev–Trinajstić information content (AvgIpc) is 2.73. The molecule has 2 aromatic rings. The van der Waals surface area contributed by atoms with Gasteiger partial charge in [0.05, 0.1) is 12.1 Å². The maximum absolute atomic E-state index is 12.9. The van der Waals surface area contributed by atoms with E-state index in [0.717, 1.165) is 9.15 Å². The molecule has 17 heavy (non-hydrogen) atoms. The van der Waals surface area contributed by atoms with Crippen LogP contribution in [0.5, 0.6) is 0 Å². The molecule has 0 amide bonds. The van der Waals surface area contributed by atoms with Gasteiger partial charge in [-0.25, -0.2) is 18.4 Å². The number of rotatable bonds is 3. The zero-order valence-corrected chi connectivity index (χ0v) is 10.8. The summed E-state index contributed by atoms with van der Waals surface area (Å²) in [5, 5.41) is 3.88. The minimum absolute atomic E-state index is 0.00377. The van der Waals surface area contributed by atoms with E-state index >= 15 is 0 Å². The van der Waals surface area contributed by atoms with Gasteiger partial charge in [-0.15, -0.1) is 11.6 Å². The van der Waals surface area contributed by atoms with Crippen molar-refractivity contribution in [3.63, 3.8) is 0 Å². The molecule has 0 aromatic carbocycles. The second-order valence-electron chi connectivity index (χ2n) is 3.24. The second kappa shape index (κ2) is 5.10. The van der Waals surface area contributed by atoms with Crippen molar-refractivity contribution in [1.29, 1.82) is 0 Å². The molecule has 3 nitrogen and oxygen atoms in total. The minimum Gasteiger partial charge on any atom is -0.236 e. The van der Waals surface area contributed by atoms with Crippen LogP contribution in [-0.2, 0) is 5.88 Å². The van der Waals surface area contributed by atoms with E-state index in [2.05, 4.69) is 26.0 Å². The molecule has 0 aliphatic rings. The van der Waals surface area contributed by atoms with Crippen molar-refractivity contribution in [1.82, 2.24) is 14.8 Å². The molecule has 0 aliphatic carbocycles. The highest BCUT2D eigenvalue weighted by Gasteiger charge is 2.20.